The number of nitrogens with two attached hydrogens (primary N) is 1. The van der Waals surface area contributed by atoms with Gasteiger partial charge < -0.3 is 10.3 Å². The molecule has 0 unspecified atom stereocenters. The van der Waals surface area contributed by atoms with Gasteiger partial charge in [-0.25, -0.2) is 9.55 Å². The normalized spacial score (nSPS) is 10.8. The minimum Gasteiger partial charge on any atom is -0.351 e. The number of rotatable bonds is 5. The van der Waals surface area contributed by atoms with Gasteiger partial charge in [-0.1, -0.05) is 0 Å². The van der Waals surface area contributed by atoms with Gasteiger partial charge >= 0.3 is 5.95 Å². The van der Waals surface area contributed by atoms with Crippen molar-refractivity contribution in [3.63, 3.8) is 0 Å². The zero-order valence-electron chi connectivity index (χ0n) is 11.0. The third kappa shape index (κ3) is 3.43. The number of halogens is 2. The highest BCUT2D eigenvalue weighted by Gasteiger charge is 2.11. The van der Waals surface area contributed by atoms with E-state index in [4.69, 9.17) is 5.73 Å². The number of carbonyl (C=O) groups is 1. The highest BCUT2D eigenvalue weighted by molar-refractivity contribution is 9.13. The number of hydrogen-bond donors (Lipinski definition) is 4. The Morgan fingerprint density at radius 3 is 2.80 bits per heavy atom. The summed E-state index contributed by atoms with van der Waals surface area (Å²) in [5.74, 6) is 0.513. The van der Waals surface area contributed by atoms with Crippen molar-refractivity contribution in [1.82, 2.24) is 15.3 Å². The average molecular weight is 406 g/mol. The van der Waals surface area contributed by atoms with Gasteiger partial charge in [-0.3, -0.25) is 10.5 Å². The first kappa shape index (κ1) is 15.1. The van der Waals surface area contributed by atoms with E-state index in [0.717, 1.165) is 27.6 Å². The van der Waals surface area contributed by atoms with E-state index in [-0.39, 0.29) is 5.91 Å². The lowest BCUT2D eigenvalue weighted by molar-refractivity contribution is -0.663. The second-order valence-electron chi connectivity index (χ2n) is 4.43. The van der Waals surface area contributed by atoms with Crippen LogP contribution >= 0.6 is 31.9 Å². The molecule has 0 atom stereocenters. The second kappa shape index (κ2) is 6.45. The van der Waals surface area contributed by atoms with Gasteiger partial charge in [0.2, 0.25) is 0 Å². The van der Waals surface area contributed by atoms with Crippen molar-refractivity contribution >= 4 is 43.7 Å². The molecular weight excluding hydrogens is 390 g/mol. The van der Waals surface area contributed by atoms with E-state index in [2.05, 4.69) is 47.1 Å². The van der Waals surface area contributed by atoms with Gasteiger partial charge in [0.15, 0.2) is 0 Å². The molecule has 0 saturated heterocycles. The average Bonchev–Trinajstić information content (AvgIpc) is 2.91. The molecule has 0 bridgehead atoms. The lowest BCUT2D eigenvalue weighted by Gasteiger charge is -2.03. The Bertz CT molecular complexity index is 600. The molecule has 5 N–H and O–H groups in total. The SMILES string of the molecule is C[n+]1c(CCCNC(=O)c2cc(Br)c(Br)[nH]2)c[nH]c1N. The first-order valence-corrected chi connectivity index (χ1v) is 7.71. The molecule has 0 aliphatic heterocycles. The van der Waals surface area contributed by atoms with Crippen molar-refractivity contribution in [2.24, 2.45) is 7.05 Å². The Morgan fingerprint density at radius 2 is 2.25 bits per heavy atom. The summed E-state index contributed by atoms with van der Waals surface area (Å²) < 4.78 is 3.50. The van der Waals surface area contributed by atoms with Crippen molar-refractivity contribution in [3.8, 4) is 0 Å². The fraction of sp³-hybridized carbons (Fsp3) is 0.333. The van der Waals surface area contributed by atoms with Crippen LogP contribution in [0.3, 0.4) is 0 Å². The van der Waals surface area contributed by atoms with Crippen LogP contribution in [-0.2, 0) is 13.5 Å². The van der Waals surface area contributed by atoms with Crippen molar-refractivity contribution in [2.75, 3.05) is 12.3 Å². The third-order valence-corrected chi connectivity index (χ3v) is 4.83. The predicted molar refractivity (Wildman–Crippen MR) is 83.2 cm³/mol. The largest absolute Gasteiger partial charge is 0.352 e. The Labute approximate surface area is 133 Å². The van der Waals surface area contributed by atoms with Crippen LogP contribution in [0.5, 0.6) is 0 Å². The van der Waals surface area contributed by atoms with Gasteiger partial charge in [0.1, 0.15) is 11.4 Å². The molecule has 2 rings (SSSR count). The van der Waals surface area contributed by atoms with Crippen molar-refractivity contribution in [2.45, 2.75) is 12.8 Å². The molecule has 2 aromatic rings. The van der Waals surface area contributed by atoms with Gasteiger partial charge in [0, 0.05) is 13.0 Å². The van der Waals surface area contributed by atoms with Gasteiger partial charge in [0.25, 0.3) is 5.91 Å². The number of carbonyl (C=O) groups excluding carboxylic acids is 1. The zero-order chi connectivity index (χ0) is 14.7. The number of anilines is 1. The summed E-state index contributed by atoms with van der Waals surface area (Å²) in [5, 5.41) is 2.87. The number of amides is 1. The van der Waals surface area contributed by atoms with Crippen LogP contribution < -0.4 is 15.6 Å². The molecular formula is C12H16Br2N5O+. The van der Waals surface area contributed by atoms with E-state index in [1.54, 1.807) is 6.07 Å². The summed E-state index contributed by atoms with van der Waals surface area (Å²) in [4.78, 5) is 17.8. The number of aryl methyl sites for hydroxylation is 1. The predicted octanol–water partition coefficient (Wildman–Crippen LogP) is 1.64. The van der Waals surface area contributed by atoms with E-state index < -0.39 is 0 Å². The standard InChI is InChI=1S/C12H15Br2N5O/c1-19-7(6-17-12(19)15)3-2-4-16-11(20)9-5-8(13)10(14)18-9/h5-6H,2-4H2,1H3,(H4,15,16,17,18,20)/p+1. The monoisotopic (exact) mass is 404 g/mol. The summed E-state index contributed by atoms with van der Waals surface area (Å²) in [5.41, 5.74) is 7.35. The molecule has 6 nitrogen and oxygen atoms in total. The van der Waals surface area contributed by atoms with Crippen molar-refractivity contribution in [3.05, 3.63) is 32.7 Å². The lowest BCUT2D eigenvalue weighted by atomic mass is 10.2. The van der Waals surface area contributed by atoms with Crippen LogP contribution in [-0.4, -0.2) is 22.4 Å². The topological polar surface area (TPSA) is 90.6 Å². The summed E-state index contributed by atoms with van der Waals surface area (Å²) >= 11 is 6.64. The number of H-pyrrole nitrogens is 2. The molecule has 0 saturated carbocycles. The molecule has 0 aliphatic rings. The van der Waals surface area contributed by atoms with Crippen LogP contribution in [0.25, 0.3) is 0 Å². The smallest absolute Gasteiger partial charge is 0.351 e. The van der Waals surface area contributed by atoms with Crippen LogP contribution in [0, 0.1) is 0 Å². The fourth-order valence-corrected chi connectivity index (χ4v) is 2.49. The van der Waals surface area contributed by atoms with Crippen LogP contribution in [0.2, 0.25) is 0 Å². The summed E-state index contributed by atoms with van der Waals surface area (Å²) in [7, 11) is 1.91. The van der Waals surface area contributed by atoms with Crippen LogP contribution in [0.4, 0.5) is 5.95 Å². The number of aromatic nitrogens is 3. The maximum atomic E-state index is 11.9. The van der Waals surface area contributed by atoms with Gasteiger partial charge in [0.05, 0.1) is 22.3 Å². The number of hydrogen-bond acceptors (Lipinski definition) is 2. The lowest BCUT2D eigenvalue weighted by Crippen LogP contribution is -2.34. The Balaban J connectivity index is 1.78. The van der Waals surface area contributed by atoms with Gasteiger partial charge in [-0.15, -0.1) is 0 Å². The van der Waals surface area contributed by atoms with Crippen LogP contribution in [0.1, 0.15) is 22.6 Å². The first-order valence-electron chi connectivity index (χ1n) is 6.13. The molecule has 20 heavy (non-hydrogen) atoms. The van der Waals surface area contributed by atoms with E-state index in [9.17, 15) is 4.79 Å². The Morgan fingerprint density at radius 1 is 1.50 bits per heavy atom. The number of imidazole rings is 1. The maximum absolute atomic E-state index is 11.9. The molecule has 0 radical (unpaired) electrons. The second-order valence-corrected chi connectivity index (χ2v) is 6.08. The van der Waals surface area contributed by atoms with E-state index in [0.29, 0.717) is 18.2 Å². The van der Waals surface area contributed by atoms with Gasteiger partial charge in [-0.2, -0.15) is 0 Å². The number of aromatic amines is 2. The van der Waals surface area contributed by atoms with E-state index >= 15 is 0 Å². The van der Waals surface area contributed by atoms with Gasteiger partial charge in [-0.05, 0) is 44.3 Å². The van der Waals surface area contributed by atoms with Crippen molar-refractivity contribution in [1.29, 1.82) is 0 Å². The maximum Gasteiger partial charge on any atom is 0.352 e. The molecule has 0 aliphatic carbocycles. The number of nitrogens with zero attached hydrogens (tertiary/aromatic N) is 1. The third-order valence-electron chi connectivity index (χ3n) is 3.04. The molecule has 0 fully saturated rings. The minimum atomic E-state index is -0.116. The van der Waals surface area contributed by atoms with Crippen molar-refractivity contribution < 1.29 is 9.36 Å². The molecule has 0 aromatic carbocycles. The minimum absolute atomic E-state index is 0.116. The molecule has 108 valence electrons. The highest BCUT2D eigenvalue weighted by Crippen LogP contribution is 2.22. The molecule has 1 amide bonds. The van der Waals surface area contributed by atoms with E-state index in [1.807, 2.05) is 17.8 Å². The van der Waals surface area contributed by atoms with E-state index in [1.165, 1.54) is 0 Å². The zero-order valence-corrected chi connectivity index (χ0v) is 14.1. The number of nitrogen functional groups attached to an aromatic ring is 1. The molecule has 2 heterocycles. The molecule has 8 heteroatoms. The summed E-state index contributed by atoms with van der Waals surface area (Å²) in [6.07, 6.45) is 3.58. The van der Waals surface area contributed by atoms with Crippen LogP contribution in [0.15, 0.2) is 21.3 Å². The fourth-order valence-electron chi connectivity index (χ4n) is 1.84. The summed E-state index contributed by atoms with van der Waals surface area (Å²) in [6.45, 7) is 0.609. The Kier molecular flexibility index (Phi) is 4.87. The molecule has 0 spiro atoms. The highest BCUT2D eigenvalue weighted by atomic mass is 79.9. The number of nitrogens with one attached hydrogen (secondary N) is 3. The molecule has 2 aromatic heterocycles. The quantitative estimate of drug-likeness (QED) is 0.449. The Hall–Kier alpha value is -1.28. The first-order chi connectivity index (χ1) is 9.49. The summed E-state index contributed by atoms with van der Waals surface area (Å²) in [6, 6.07) is 1.74.